The molecule has 0 atom stereocenters. The zero-order valence-electron chi connectivity index (χ0n) is 22.9. The molecule has 5 rings (SSSR count). The molecular weight excluding hydrogens is 625 g/mol. The van der Waals surface area contributed by atoms with Gasteiger partial charge in [0, 0.05) is 23.2 Å². The van der Waals surface area contributed by atoms with Gasteiger partial charge in [-0.25, -0.2) is 14.6 Å². The quantitative estimate of drug-likeness (QED) is 0.208. The summed E-state index contributed by atoms with van der Waals surface area (Å²) >= 11 is 7.52. The highest BCUT2D eigenvalue weighted by atomic mass is 35.5. The Hall–Kier alpha value is -4.43. The minimum Gasteiger partial charge on any atom is -0.475 e. The van der Waals surface area contributed by atoms with Crippen LogP contribution in [-0.4, -0.2) is 51.8 Å². The molecule has 1 aliphatic carbocycles. The van der Waals surface area contributed by atoms with Gasteiger partial charge in [0.25, 0.3) is 5.91 Å². The number of rotatable bonds is 6. The van der Waals surface area contributed by atoms with Crippen LogP contribution < -0.4 is 10.6 Å². The van der Waals surface area contributed by atoms with E-state index in [2.05, 4.69) is 20.6 Å². The third-order valence-corrected chi connectivity index (χ3v) is 7.55. The van der Waals surface area contributed by atoms with Crippen LogP contribution in [0.4, 0.5) is 24.5 Å². The highest BCUT2D eigenvalue weighted by Gasteiger charge is 2.38. The Kier molecular flexibility index (Phi) is 10.3. The van der Waals surface area contributed by atoms with E-state index in [0.717, 1.165) is 35.7 Å². The lowest BCUT2D eigenvalue weighted by Crippen LogP contribution is -2.27. The molecule has 1 aromatic heterocycles. The van der Waals surface area contributed by atoms with E-state index in [1.165, 1.54) is 18.0 Å². The van der Waals surface area contributed by atoms with Gasteiger partial charge in [0.1, 0.15) is 0 Å². The molecule has 0 bridgehead atoms. The van der Waals surface area contributed by atoms with Crippen LogP contribution >= 0.6 is 23.4 Å². The normalized spacial score (nSPS) is 16.6. The summed E-state index contributed by atoms with van der Waals surface area (Å²) in [5, 5.41) is 14.3. The summed E-state index contributed by atoms with van der Waals surface area (Å²) in [6.45, 7) is 2.03. The van der Waals surface area contributed by atoms with Crippen molar-refractivity contribution in [1.29, 1.82) is 0 Å². The molecule has 0 spiro atoms. The van der Waals surface area contributed by atoms with E-state index < -0.39 is 18.1 Å². The number of hydrogen-bond acceptors (Lipinski definition) is 8. The Morgan fingerprint density at radius 2 is 1.93 bits per heavy atom. The number of carboxylic acid groups (broad SMARTS) is 1. The van der Waals surface area contributed by atoms with Gasteiger partial charge in [0.2, 0.25) is 5.91 Å². The van der Waals surface area contributed by atoms with Gasteiger partial charge < -0.3 is 20.5 Å². The molecule has 2 heterocycles. The number of fused-ring (bicyclic) bond motifs is 1. The van der Waals surface area contributed by atoms with Crippen LogP contribution in [-0.2, 0) is 19.1 Å². The van der Waals surface area contributed by atoms with Crippen LogP contribution in [0.5, 0.6) is 0 Å². The number of ether oxygens (including phenoxy) is 1. The maximum atomic E-state index is 12.6. The van der Waals surface area contributed by atoms with E-state index in [1.54, 1.807) is 37.3 Å². The molecule has 2 amide bonds. The summed E-state index contributed by atoms with van der Waals surface area (Å²) in [7, 11) is 0. The maximum Gasteiger partial charge on any atom is 0.490 e. The van der Waals surface area contributed by atoms with Gasteiger partial charge in [-0.1, -0.05) is 24.1 Å². The fraction of sp³-hybridized carbons (Fsp3) is 0.241. The molecule has 2 aromatic carbocycles. The average molecular weight is 649 g/mol. The number of anilines is 1. The predicted octanol–water partition coefficient (Wildman–Crippen LogP) is 6.33. The number of hydrogen-bond donors (Lipinski definition) is 3. The van der Waals surface area contributed by atoms with Crippen LogP contribution in [0.3, 0.4) is 0 Å². The van der Waals surface area contributed by atoms with Gasteiger partial charge in [-0.3, -0.25) is 14.6 Å². The smallest absolute Gasteiger partial charge is 0.475 e. The Bertz CT molecular complexity index is 1690. The monoisotopic (exact) mass is 648 g/mol. The molecule has 2 fully saturated rings. The van der Waals surface area contributed by atoms with Gasteiger partial charge in [0.15, 0.2) is 5.17 Å². The SMILES string of the molecule is CCOC(=O)c1cnc2ccc(C=C3SC(=Nc4cc(NC(=O)C5CCC5)ccc4Cl)NC3=O)cc2c1.O=C(O)C(F)(F)F. The number of amides is 2. The van der Waals surface area contributed by atoms with Crippen molar-refractivity contribution in [3.8, 4) is 0 Å². The van der Waals surface area contributed by atoms with Crippen molar-refractivity contribution >= 4 is 80.6 Å². The number of aromatic nitrogens is 1. The Labute approximate surface area is 257 Å². The average Bonchev–Trinajstić information content (AvgIpc) is 3.27. The van der Waals surface area contributed by atoms with E-state index in [0.29, 0.717) is 32.0 Å². The zero-order valence-corrected chi connectivity index (χ0v) is 24.5. The standard InChI is InChI=1S/C27H23ClN4O4S.C2HF3O2/c1-2-36-26(35)18-12-17-10-15(6-9-21(17)29-14-18)11-23-25(34)32-27(37-23)31-22-13-19(7-8-20(22)28)30-24(33)16-4-3-5-16;3-2(4,5)1(6)7/h6-14,16H,2-5H2,1H3,(H,30,33)(H,31,32,34);(H,6,7). The van der Waals surface area contributed by atoms with E-state index in [-0.39, 0.29) is 24.3 Å². The van der Waals surface area contributed by atoms with Crippen molar-refractivity contribution in [3.05, 3.63) is 69.7 Å². The molecule has 15 heteroatoms. The van der Waals surface area contributed by atoms with Gasteiger partial charge in [-0.2, -0.15) is 13.2 Å². The lowest BCUT2D eigenvalue weighted by Gasteiger charge is -2.24. The zero-order chi connectivity index (χ0) is 32.0. The topological polar surface area (TPSA) is 147 Å². The number of thioether (sulfide) groups is 1. The number of aliphatic imine (C=N–C) groups is 1. The molecule has 0 radical (unpaired) electrons. The fourth-order valence-electron chi connectivity index (χ4n) is 3.90. The molecule has 1 saturated carbocycles. The molecule has 3 aromatic rings. The number of carbonyl (C=O) groups is 4. The summed E-state index contributed by atoms with van der Waals surface area (Å²) in [4.78, 5) is 55.1. The minimum absolute atomic E-state index is 0.000834. The number of alkyl halides is 3. The van der Waals surface area contributed by atoms with Crippen molar-refractivity contribution in [3.63, 3.8) is 0 Å². The first-order chi connectivity index (χ1) is 20.8. The number of nitrogens with one attached hydrogen (secondary N) is 2. The van der Waals surface area contributed by atoms with E-state index in [9.17, 15) is 27.6 Å². The lowest BCUT2D eigenvalue weighted by molar-refractivity contribution is -0.192. The van der Waals surface area contributed by atoms with Gasteiger partial charge >= 0.3 is 18.1 Å². The van der Waals surface area contributed by atoms with Crippen LogP contribution in [0.2, 0.25) is 5.02 Å². The number of aliphatic carboxylic acids is 1. The molecule has 10 nitrogen and oxygen atoms in total. The maximum absolute atomic E-state index is 12.6. The van der Waals surface area contributed by atoms with Crippen molar-refractivity contribution in [2.24, 2.45) is 10.9 Å². The number of halogens is 4. The number of nitrogens with zero attached hydrogens (tertiary/aromatic N) is 2. The number of esters is 1. The summed E-state index contributed by atoms with van der Waals surface area (Å²) < 4.78 is 36.8. The predicted molar refractivity (Wildman–Crippen MR) is 160 cm³/mol. The Balaban J connectivity index is 0.000000566. The second-order valence-electron chi connectivity index (χ2n) is 9.46. The van der Waals surface area contributed by atoms with Crippen molar-refractivity contribution in [2.75, 3.05) is 11.9 Å². The Morgan fingerprint density at radius 3 is 2.57 bits per heavy atom. The van der Waals surface area contributed by atoms with Gasteiger partial charge in [0.05, 0.1) is 33.3 Å². The minimum atomic E-state index is -5.08. The number of amidine groups is 1. The highest BCUT2D eigenvalue weighted by molar-refractivity contribution is 8.18. The molecular formula is C29H24ClF3N4O6S. The lowest BCUT2D eigenvalue weighted by atomic mass is 9.85. The van der Waals surface area contributed by atoms with E-state index in [1.807, 2.05) is 18.2 Å². The third-order valence-electron chi connectivity index (χ3n) is 6.32. The number of carbonyl (C=O) groups excluding carboxylic acids is 3. The van der Waals surface area contributed by atoms with E-state index in [4.69, 9.17) is 26.2 Å². The summed E-state index contributed by atoms with van der Waals surface area (Å²) in [5.74, 6) is -3.41. The molecule has 2 aliphatic rings. The highest BCUT2D eigenvalue weighted by Crippen LogP contribution is 2.34. The van der Waals surface area contributed by atoms with Crippen molar-refractivity contribution in [2.45, 2.75) is 32.4 Å². The Morgan fingerprint density at radius 1 is 1.20 bits per heavy atom. The van der Waals surface area contributed by atoms with Gasteiger partial charge in [-0.15, -0.1) is 0 Å². The summed E-state index contributed by atoms with van der Waals surface area (Å²) in [6, 6.07) is 12.3. The first-order valence-electron chi connectivity index (χ1n) is 13.1. The molecule has 3 N–H and O–H groups in total. The fourth-order valence-corrected chi connectivity index (χ4v) is 4.89. The largest absolute Gasteiger partial charge is 0.490 e. The molecule has 230 valence electrons. The van der Waals surface area contributed by atoms with E-state index >= 15 is 0 Å². The third kappa shape index (κ3) is 8.35. The number of pyridine rings is 1. The van der Waals surface area contributed by atoms with Crippen molar-refractivity contribution in [1.82, 2.24) is 10.3 Å². The second-order valence-corrected chi connectivity index (χ2v) is 10.9. The number of carboxylic acids is 1. The second kappa shape index (κ2) is 13.9. The molecule has 1 saturated heterocycles. The van der Waals surface area contributed by atoms with Crippen LogP contribution in [0, 0.1) is 5.92 Å². The summed E-state index contributed by atoms with van der Waals surface area (Å²) in [6.07, 6.45) is 1.05. The molecule has 1 aliphatic heterocycles. The first-order valence-corrected chi connectivity index (χ1v) is 14.3. The van der Waals surface area contributed by atoms with Crippen LogP contribution in [0.1, 0.15) is 42.1 Å². The van der Waals surface area contributed by atoms with Crippen molar-refractivity contribution < 1.29 is 42.2 Å². The van der Waals surface area contributed by atoms with Crippen LogP contribution in [0.15, 0.2) is 58.6 Å². The number of benzene rings is 2. The summed E-state index contributed by atoms with van der Waals surface area (Å²) in [5.41, 5.74) is 2.91. The molecule has 44 heavy (non-hydrogen) atoms. The first kappa shape index (κ1) is 32.5. The van der Waals surface area contributed by atoms with Crippen LogP contribution in [0.25, 0.3) is 17.0 Å². The molecule has 0 unspecified atom stereocenters. The van der Waals surface area contributed by atoms with Gasteiger partial charge in [-0.05, 0) is 79.6 Å².